The number of carbonyl (C=O) groups excluding carboxylic acids is 2. The standard InChI is InChI=1S/C26H27F3N8O3.C2H6/c1-4-22(39)31-17-6-5-7-18(14-17)32-23-19(26(27,28)29)15-30-25(35-23)33-20-8-9-21(34-24(20)40-3)37-12-10-36(11-13-37)16(2)38;1-2/h4-9,14-15H,1,10-13H2,2-3H3,(H,31,39)(H2,30,32,33,35);1-2H3. The van der Waals surface area contributed by atoms with Crippen molar-refractivity contribution in [3.8, 4) is 5.88 Å². The van der Waals surface area contributed by atoms with Crippen LogP contribution in [0, 0.1) is 0 Å². The van der Waals surface area contributed by atoms with Crippen molar-refractivity contribution in [1.29, 1.82) is 0 Å². The Morgan fingerprint density at radius 2 is 1.71 bits per heavy atom. The SMILES string of the molecule is C=CC(=O)Nc1cccc(Nc2nc(Nc3ccc(N4CCN(C(C)=O)CC4)nc3OC)ncc2C(F)(F)F)c1.CC. The van der Waals surface area contributed by atoms with E-state index in [0.717, 1.165) is 6.08 Å². The highest BCUT2D eigenvalue weighted by atomic mass is 19.4. The molecular formula is C28H33F3N8O3. The monoisotopic (exact) mass is 586 g/mol. The Labute approximate surface area is 241 Å². The van der Waals surface area contributed by atoms with Crippen LogP contribution in [0.25, 0.3) is 0 Å². The second kappa shape index (κ2) is 14.1. The predicted molar refractivity (Wildman–Crippen MR) is 155 cm³/mol. The first-order valence-corrected chi connectivity index (χ1v) is 13.1. The van der Waals surface area contributed by atoms with Gasteiger partial charge in [-0.2, -0.15) is 23.1 Å². The Balaban J connectivity index is 0.00000237. The van der Waals surface area contributed by atoms with Gasteiger partial charge in [-0.3, -0.25) is 9.59 Å². The van der Waals surface area contributed by atoms with E-state index in [1.54, 1.807) is 29.2 Å². The lowest BCUT2D eigenvalue weighted by atomic mass is 10.2. The normalized spacial score (nSPS) is 12.9. The van der Waals surface area contributed by atoms with E-state index in [9.17, 15) is 22.8 Å². The van der Waals surface area contributed by atoms with E-state index in [-0.39, 0.29) is 23.4 Å². The molecule has 1 aromatic carbocycles. The zero-order valence-corrected chi connectivity index (χ0v) is 23.7. The zero-order valence-electron chi connectivity index (χ0n) is 23.7. The molecule has 0 unspecified atom stereocenters. The van der Waals surface area contributed by atoms with Gasteiger partial charge in [0.15, 0.2) is 0 Å². The Bertz CT molecular complexity index is 1410. The van der Waals surface area contributed by atoms with Crippen LogP contribution in [0.1, 0.15) is 26.3 Å². The molecule has 1 aliphatic heterocycles. The van der Waals surface area contributed by atoms with Gasteiger partial charge in [-0.05, 0) is 36.4 Å². The first-order valence-electron chi connectivity index (χ1n) is 13.1. The number of anilines is 6. The minimum absolute atomic E-state index is 0.0160. The summed E-state index contributed by atoms with van der Waals surface area (Å²) in [6.45, 7) is 11.2. The number of halogens is 3. The van der Waals surface area contributed by atoms with Crippen LogP contribution in [-0.2, 0) is 15.8 Å². The zero-order chi connectivity index (χ0) is 30.9. The molecule has 2 amide bonds. The van der Waals surface area contributed by atoms with Gasteiger partial charge < -0.3 is 30.5 Å². The second-order valence-corrected chi connectivity index (χ2v) is 8.70. The summed E-state index contributed by atoms with van der Waals surface area (Å²) in [6, 6.07) is 9.53. The van der Waals surface area contributed by atoms with E-state index in [2.05, 4.69) is 37.5 Å². The van der Waals surface area contributed by atoms with Crippen LogP contribution in [0.2, 0.25) is 0 Å². The molecule has 3 aromatic rings. The molecule has 0 bridgehead atoms. The van der Waals surface area contributed by atoms with Crippen LogP contribution in [0.5, 0.6) is 5.88 Å². The number of nitrogens with zero attached hydrogens (tertiary/aromatic N) is 5. The van der Waals surface area contributed by atoms with Crippen molar-refractivity contribution >= 4 is 46.5 Å². The Morgan fingerprint density at radius 3 is 2.33 bits per heavy atom. The lowest BCUT2D eigenvalue weighted by Gasteiger charge is -2.35. The third-order valence-electron chi connectivity index (χ3n) is 6.01. The summed E-state index contributed by atoms with van der Waals surface area (Å²) in [4.78, 5) is 39.4. The Kier molecular flexibility index (Phi) is 10.7. The first kappa shape index (κ1) is 31.6. The van der Waals surface area contributed by atoms with Gasteiger partial charge in [0, 0.05) is 50.7 Å². The highest BCUT2D eigenvalue weighted by molar-refractivity contribution is 5.99. The van der Waals surface area contributed by atoms with Gasteiger partial charge in [0.05, 0.1) is 7.11 Å². The first-order chi connectivity index (χ1) is 20.1. The average Bonchev–Trinajstić information content (AvgIpc) is 2.98. The van der Waals surface area contributed by atoms with Crippen molar-refractivity contribution in [2.45, 2.75) is 26.9 Å². The van der Waals surface area contributed by atoms with E-state index in [4.69, 9.17) is 4.74 Å². The molecule has 224 valence electrons. The number of carbonyl (C=O) groups is 2. The number of hydrogen-bond donors (Lipinski definition) is 3. The second-order valence-electron chi connectivity index (χ2n) is 8.70. The van der Waals surface area contributed by atoms with Gasteiger partial charge in [-0.25, -0.2) is 4.98 Å². The maximum Gasteiger partial charge on any atom is 0.421 e. The fourth-order valence-corrected chi connectivity index (χ4v) is 3.98. The maximum atomic E-state index is 13.8. The molecule has 4 rings (SSSR count). The molecule has 0 saturated carbocycles. The van der Waals surface area contributed by atoms with Crippen LogP contribution in [-0.4, -0.2) is 65.0 Å². The number of methoxy groups -OCH3 is 1. The van der Waals surface area contributed by atoms with E-state index in [0.29, 0.717) is 49.6 Å². The van der Waals surface area contributed by atoms with E-state index in [1.807, 2.05) is 18.7 Å². The summed E-state index contributed by atoms with van der Waals surface area (Å²) in [7, 11) is 1.42. The van der Waals surface area contributed by atoms with Gasteiger partial charge in [0.25, 0.3) is 0 Å². The van der Waals surface area contributed by atoms with Crippen LogP contribution in [0.4, 0.5) is 47.8 Å². The van der Waals surface area contributed by atoms with Crippen molar-refractivity contribution in [2.24, 2.45) is 0 Å². The van der Waals surface area contributed by atoms with Gasteiger partial charge >= 0.3 is 6.18 Å². The maximum absolute atomic E-state index is 13.8. The predicted octanol–water partition coefficient (Wildman–Crippen LogP) is 5.21. The third kappa shape index (κ3) is 8.08. The topological polar surface area (TPSA) is 125 Å². The number of rotatable bonds is 8. The van der Waals surface area contributed by atoms with Gasteiger partial charge in [0.1, 0.15) is 22.9 Å². The average molecular weight is 587 g/mol. The van der Waals surface area contributed by atoms with Crippen molar-refractivity contribution in [3.63, 3.8) is 0 Å². The number of pyridine rings is 1. The third-order valence-corrected chi connectivity index (χ3v) is 6.01. The lowest BCUT2D eigenvalue weighted by molar-refractivity contribution is -0.137. The molecule has 0 atom stereocenters. The summed E-state index contributed by atoms with van der Waals surface area (Å²) in [5.74, 6) is -0.255. The van der Waals surface area contributed by atoms with E-state index in [1.165, 1.54) is 26.2 Å². The lowest BCUT2D eigenvalue weighted by Crippen LogP contribution is -2.48. The molecule has 1 saturated heterocycles. The van der Waals surface area contributed by atoms with E-state index >= 15 is 0 Å². The molecule has 1 aliphatic rings. The van der Waals surface area contributed by atoms with Crippen LogP contribution < -0.4 is 25.6 Å². The molecule has 11 nitrogen and oxygen atoms in total. The summed E-state index contributed by atoms with van der Waals surface area (Å²) < 4.78 is 46.7. The molecule has 1 fully saturated rings. The number of ether oxygens (including phenoxy) is 1. The Hall–Kier alpha value is -4.88. The van der Waals surface area contributed by atoms with Gasteiger partial charge in [0.2, 0.25) is 23.6 Å². The van der Waals surface area contributed by atoms with Crippen molar-refractivity contribution in [1.82, 2.24) is 19.9 Å². The fourth-order valence-electron chi connectivity index (χ4n) is 3.98. The van der Waals surface area contributed by atoms with Crippen molar-refractivity contribution in [2.75, 3.05) is 54.1 Å². The van der Waals surface area contributed by atoms with Gasteiger partial charge in [-0.15, -0.1) is 0 Å². The van der Waals surface area contributed by atoms with Crippen molar-refractivity contribution in [3.05, 3.63) is 60.8 Å². The van der Waals surface area contributed by atoms with Crippen LogP contribution in [0.15, 0.2) is 55.3 Å². The number of benzene rings is 1. The quantitative estimate of drug-likeness (QED) is 0.305. The summed E-state index contributed by atoms with van der Waals surface area (Å²) in [6.07, 6.45) is -2.99. The smallest absolute Gasteiger partial charge is 0.421 e. The highest BCUT2D eigenvalue weighted by Crippen LogP contribution is 2.36. The molecule has 14 heteroatoms. The number of aromatic nitrogens is 3. The molecule has 3 heterocycles. The van der Waals surface area contributed by atoms with Crippen LogP contribution in [0.3, 0.4) is 0 Å². The summed E-state index contributed by atoms with van der Waals surface area (Å²) in [5, 5.41) is 8.08. The number of nitrogens with one attached hydrogen (secondary N) is 3. The van der Waals surface area contributed by atoms with E-state index < -0.39 is 23.5 Å². The van der Waals surface area contributed by atoms with Crippen molar-refractivity contribution < 1.29 is 27.5 Å². The number of alkyl halides is 3. The molecule has 0 aliphatic carbocycles. The fraction of sp³-hybridized carbons (Fsp3) is 0.321. The summed E-state index contributed by atoms with van der Waals surface area (Å²) >= 11 is 0. The minimum Gasteiger partial charge on any atom is -0.479 e. The molecule has 0 spiro atoms. The number of hydrogen-bond acceptors (Lipinski definition) is 9. The highest BCUT2D eigenvalue weighted by Gasteiger charge is 2.35. The van der Waals surface area contributed by atoms with Crippen LogP contribution >= 0.6 is 0 Å². The largest absolute Gasteiger partial charge is 0.479 e. The summed E-state index contributed by atoms with van der Waals surface area (Å²) in [5.41, 5.74) is -0.128. The molecule has 3 N–H and O–H groups in total. The molecule has 2 aromatic heterocycles. The molecule has 42 heavy (non-hydrogen) atoms. The molecular weight excluding hydrogens is 553 g/mol. The Morgan fingerprint density at radius 1 is 1.02 bits per heavy atom. The number of amides is 2. The number of piperazine rings is 1. The molecule has 0 radical (unpaired) electrons. The minimum atomic E-state index is -4.73. The van der Waals surface area contributed by atoms with Gasteiger partial charge in [-0.1, -0.05) is 26.5 Å².